The summed E-state index contributed by atoms with van der Waals surface area (Å²) in [6.07, 6.45) is 6.72. The maximum atomic E-state index is 5.57. The zero-order valence-corrected chi connectivity index (χ0v) is 13.3. The van der Waals surface area contributed by atoms with E-state index in [-0.39, 0.29) is 0 Å². The van der Waals surface area contributed by atoms with Crippen molar-refractivity contribution in [3.05, 3.63) is 28.2 Å². The minimum atomic E-state index is 0.294. The van der Waals surface area contributed by atoms with Gasteiger partial charge in [0.2, 0.25) is 0 Å². The molecule has 0 amide bonds. The molecule has 1 fully saturated rings. The van der Waals surface area contributed by atoms with Crippen molar-refractivity contribution < 1.29 is 9.47 Å². The Labute approximate surface area is 129 Å². The second-order valence-corrected chi connectivity index (χ2v) is 5.92. The van der Waals surface area contributed by atoms with Crippen molar-refractivity contribution >= 4 is 15.9 Å². The maximum absolute atomic E-state index is 5.57. The summed E-state index contributed by atoms with van der Waals surface area (Å²) in [5, 5.41) is 3.49. The predicted octanol–water partition coefficient (Wildman–Crippen LogP) is 2.98. The molecule has 1 aliphatic rings. The number of benzene rings is 1. The van der Waals surface area contributed by atoms with Crippen molar-refractivity contribution in [2.75, 3.05) is 19.8 Å². The van der Waals surface area contributed by atoms with E-state index in [0.717, 1.165) is 41.9 Å². The zero-order chi connectivity index (χ0) is 14.4. The van der Waals surface area contributed by atoms with Crippen LogP contribution in [0.2, 0.25) is 0 Å². The average molecular weight is 338 g/mol. The van der Waals surface area contributed by atoms with Gasteiger partial charge in [0.15, 0.2) is 0 Å². The van der Waals surface area contributed by atoms with Crippen LogP contribution in [-0.4, -0.2) is 25.9 Å². The fourth-order valence-electron chi connectivity index (χ4n) is 2.38. The van der Waals surface area contributed by atoms with Gasteiger partial charge in [0.05, 0.1) is 6.10 Å². The maximum Gasteiger partial charge on any atom is 0.148 e. The Hall–Kier alpha value is -1.02. The third-order valence-corrected chi connectivity index (χ3v) is 4.08. The Morgan fingerprint density at radius 2 is 2.40 bits per heavy atom. The molecular formula is C16H20BrNO2. The van der Waals surface area contributed by atoms with Gasteiger partial charge in [-0.15, -0.1) is 6.42 Å². The van der Waals surface area contributed by atoms with E-state index in [4.69, 9.17) is 15.9 Å². The second kappa shape index (κ2) is 7.68. The van der Waals surface area contributed by atoms with E-state index in [1.165, 1.54) is 0 Å². The third kappa shape index (κ3) is 4.24. The van der Waals surface area contributed by atoms with E-state index < -0.39 is 0 Å². The first-order chi connectivity index (χ1) is 9.70. The lowest BCUT2D eigenvalue weighted by Gasteiger charge is -2.16. The predicted molar refractivity (Wildman–Crippen MR) is 83.7 cm³/mol. The molecule has 0 aromatic heterocycles. The fraction of sp³-hybridized carbons (Fsp3) is 0.500. The Balaban J connectivity index is 1.90. The van der Waals surface area contributed by atoms with Gasteiger partial charge in [0, 0.05) is 29.7 Å². The summed E-state index contributed by atoms with van der Waals surface area (Å²) in [5.41, 5.74) is 1.11. The van der Waals surface area contributed by atoms with Crippen LogP contribution in [0.25, 0.3) is 0 Å². The lowest BCUT2D eigenvalue weighted by Crippen LogP contribution is -2.26. The molecule has 3 nitrogen and oxygen atoms in total. The topological polar surface area (TPSA) is 30.5 Å². The highest BCUT2D eigenvalue weighted by Crippen LogP contribution is 2.24. The van der Waals surface area contributed by atoms with Gasteiger partial charge in [0.25, 0.3) is 0 Å². The number of terminal acetylenes is 1. The average Bonchev–Trinajstić information content (AvgIpc) is 2.84. The molecule has 4 heteroatoms. The Kier molecular flexibility index (Phi) is 5.90. The lowest BCUT2D eigenvalue weighted by atomic mass is 10.0. The van der Waals surface area contributed by atoms with E-state index in [2.05, 4.69) is 40.2 Å². The summed E-state index contributed by atoms with van der Waals surface area (Å²) >= 11 is 3.49. The molecule has 1 aliphatic heterocycles. The summed E-state index contributed by atoms with van der Waals surface area (Å²) in [4.78, 5) is 0. The summed E-state index contributed by atoms with van der Waals surface area (Å²) < 4.78 is 12.2. The first kappa shape index (κ1) is 15.4. The quantitative estimate of drug-likeness (QED) is 0.809. The Bertz CT molecular complexity index is 484. The summed E-state index contributed by atoms with van der Waals surface area (Å²) in [7, 11) is 0. The molecule has 0 bridgehead atoms. The number of ether oxygens (including phenoxy) is 2. The van der Waals surface area contributed by atoms with Gasteiger partial charge in [0.1, 0.15) is 12.4 Å². The molecule has 2 rings (SSSR count). The van der Waals surface area contributed by atoms with Crippen LogP contribution in [0.15, 0.2) is 22.7 Å². The number of rotatable bonds is 6. The zero-order valence-electron chi connectivity index (χ0n) is 11.7. The number of halogens is 1. The van der Waals surface area contributed by atoms with Crippen molar-refractivity contribution in [3.8, 4) is 18.1 Å². The molecule has 0 spiro atoms. The first-order valence-corrected chi connectivity index (χ1v) is 7.67. The van der Waals surface area contributed by atoms with Crippen molar-refractivity contribution in [1.82, 2.24) is 5.32 Å². The largest absolute Gasteiger partial charge is 0.481 e. The molecule has 0 aliphatic carbocycles. The Morgan fingerprint density at radius 1 is 1.55 bits per heavy atom. The molecular weight excluding hydrogens is 318 g/mol. The van der Waals surface area contributed by atoms with E-state index in [1.807, 2.05) is 12.1 Å². The number of nitrogens with one attached hydrogen (secondary N) is 1. The minimum absolute atomic E-state index is 0.294. The normalized spacial score (nSPS) is 21.6. The first-order valence-electron chi connectivity index (χ1n) is 6.87. The SMILES string of the molecule is C#CCOc1ccc(Br)cc1CNCC1CCOC1C. The van der Waals surface area contributed by atoms with Crippen LogP contribution in [0.5, 0.6) is 5.75 Å². The molecule has 1 N–H and O–H groups in total. The highest BCUT2D eigenvalue weighted by molar-refractivity contribution is 9.10. The van der Waals surface area contributed by atoms with Crippen LogP contribution in [0.4, 0.5) is 0 Å². The van der Waals surface area contributed by atoms with E-state index in [1.54, 1.807) is 0 Å². The smallest absolute Gasteiger partial charge is 0.148 e. The monoisotopic (exact) mass is 337 g/mol. The van der Waals surface area contributed by atoms with Crippen LogP contribution in [-0.2, 0) is 11.3 Å². The molecule has 2 atom stereocenters. The summed E-state index contributed by atoms with van der Waals surface area (Å²) in [6, 6.07) is 5.97. The van der Waals surface area contributed by atoms with Gasteiger partial charge >= 0.3 is 0 Å². The molecule has 0 saturated carbocycles. The fourth-order valence-corrected chi connectivity index (χ4v) is 2.79. The standard InChI is InChI=1S/C16H20BrNO2/c1-3-7-20-16-5-4-15(17)9-14(16)11-18-10-13-6-8-19-12(13)2/h1,4-5,9,12-13,18H,6-8,10-11H2,2H3. The van der Waals surface area contributed by atoms with Gasteiger partial charge < -0.3 is 14.8 Å². The third-order valence-electron chi connectivity index (χ3n) is 3.59. The van der Waals surface area contributed by atoms with Crippen LogP contribution in [0.3, 0.4) is 0 Å². The van der Waals surface area contributed by atoms with E-state index in [0.29, 0.717) is 18.6 Å². The van der Waals surface area contributed by atoms with Gasteiger partial charge in [-0.05, 0) is 37.5 Å². The molecule has 1 heterocycles. The molecule has 2 unspecified atom stereocenters. The second-order valence-electron chi connectivity index (χ2n) is 5.00. The highest BCUT2D eigenvalue weighted by Gasteiger charge is 2.23. The molecule has 0 radical (unpaired) electrons. The minimum Gasteiger partial charge on any atom is -0.481 e. The summed E-state index contributed by atoms with van der Waals surface area (Å²) in [5.74, 6) is 3.93. The van der Waals surface area contributed by atoms with Crippen molar-refractivity contribution in [3.63, 3.8) is 0 Å². The molecule has 1 aromatic rings. The van der Waals surface area contributed by atoms with Crippen molar-refractivity contribution in [2.45, 2.75) is 26.0 Å². The van der Waals surface area contributed by atoms with Crippen LogP contribution >= 0.6 is 15.9 Å². The molecule has 1 aromatic carbocycles. The molecule has 20 heavy (non-hydrogen) atoms. The molecule has 1 saturated heterocycles. The number of hydrogen-bond acceptors (Lipinski definition) is 3. The van der Waals surface area contributed by atoms with Crippen LogP contribution in [0, 0.1) is 18.3 Å². The summed E-state index contributed by atoms with van der Waals surface area (Å²) in [6.45, 7) is 5.04. The number of hydrogen-bond donors (Lipinski definition) is 1. The van der Waals surface area contributed by atoms with E-state index >= 15 is 0 Å². The van der Waals surface area contributed by atoms with Crippen molar-refractivity contribution in [2.24, 2.45) is 5.92 Å². The van der Waals surface area contributed by atoms with Crippen molar-refractivity contribution in [1.29, 1.82) is 0 Å². The lowest BCUT2D eigenvalue weighted by molar-refractivity contribution is 0.105. The van der Waals surface area contributed by atoms with Gasteiger partial charge in [-0.3, -0.25) is 0 Å². The Morgan fingerprint density at radius 3 is 3.10 bits per heavy atom. The van der Waals surface area contributed by atoms with Gasteiger partial charge in [-0.25, -0.2) is 0 Å². The van der Waals surface area contributed by atoms with Gasteiger partial charge in [-0.1, -0.05) is 21.9 Å². The van der Waals surface area contributed by atoms with Crippen LogP contribution in [0.1, 0.15) is 18.9 Å². The highest BCUT2D eigenvalue weighted by atomic mass is 79.9. The van der Waals surface area contributed by atoms with Crippen LogP contribution < -0.4 is 10.1 Å². The molecule has 108 valence electrons. The van der Waals surface area contributed by atoms with E-state index in [9.17, 15) is 0 Å². The van der Waals surface area contributed by atoms with Gasteiger partial charge in [-0.2, -0.15) is 0 Å².